The van der Waals surface area contributed by atoms with Crippen LogP contribution in [0.15, 0.2) is 72.9 Å². The molecule has 3 heterocycles. The molecule has 0 fully saturated rings. The second kappa shape index (κ2) is 15.1. The average molecular weight is 657 g/mol. The first-order valence-corrected chi connectivity index (χ1v) is 16.3. The van der Waals surface area contributed by atoms with Crippen molar-refractivity contribution in [3.63, 3.8) is 0 Å². The van der Waals surface area contributed by atoms with Crippen LogP contribution in [-0.4, -0.2) is 62.5 Å². The lowest BCUT2D eigenvalue weighted by Gasteiger charge is -2.46. The van der Waals surface area contributed by atoms with Gasteiger partial charge in [0.2, 0.25) is 0 Å². The second-order valence-corrected chi connectivity index (χ2v) is 12.4. The van der Waals surface area contributed by atoms with Crippen LogP contribution in [0.2, 0.25) is 0 Å². The summed E-state index contributed by atoms with van der Waals surface area (Å²) in [5.41, 5.74) is 10.3. The molecule has 1 aromatic heterocycles. The largest absolute Gasteiger partial charge is 0.508 e. The fourth-order valence-corrected chi connectivity index (χ4v) is 7.00. The van der Waals surface area contributed by atoms with Gasteiger partial charge in [0, 0.05) is 54.9 Å². The molecule has 4 aromatic rings. The summed E-state index contributed by atoms with van der Waals surface area (Å²) in [6.45, 7) is 1.25. The highest BCUT2D eigenvalue weighted by atomic mass is 16.5. The van der Waals surface area contributed by atoms with E-state index in [-0.39, 0.29) is 30.3 Å². The lowest BCUT2D eigenvalue weighted by molar-refractivity contribution is -0.112. The van der Waals surface area contributed by atoms with E-state index in [0.717, 1.165) is 34.4 Å². The average Bonchev–Trinajstić information content (AvgIpc) is 3.09. The number of hydrogen-bond acceptors (Lipinski definition) is 10. The molecule has 2 aliphatic rings. The number of nitrogen functional groups attached to an aromatic ring is 1. The molecular formula is C38H44N2O8. The fraction of sp³-hybridized carbons (Fsp3) is 0.395. The van der Waals surface area contributed by atoms with Crippen molar-refractivity contribution in [2.24, 2.45) is 11.8 Å². The molecule has 10 nitrogen and oxygen atoms in total. The van der Waals surface area contributed by atoms with Crippen molar-refractivity contribution in [2.75, 3.05) is 46.9 Å². The van der Waals surface area contributed by atoms with E-state index in [9.17, 15) is 10.2 Å². The molecule has 10 heteroatoms. The molecule has 0 aliphatic carbocycles. The van der Waals surface area contributed by atoms with Gasteiger partial charge >= 0.3 is 0 Å². The van der Waals surface area contributed by atoms with Crippen molar-refractivity contribution in [3.8, 4) is 28.7 Å². The van der Waals surface area contributed by atoms with Crippen LogP contribution >= 0.6 is 0 Å². The number of pyridine rings is 1. The molecule has 2 aliphatic heterocycles. The Morgan fingerprint density at radius 1 is 0.917 bits per heavy atom. The van der Waals surface area contributed by atoms with Crippen molar-refractivity contribution in [2.45, 2.75) is 44.0 Å². The highest BCUT2D eigenvalue weighted by molar-refractivity contribution is 5.52. The van der Waals surface area contributed by atoms with Gasteiger partial charge in [0.05, 0.1) is 39.6 Å². The molecule has 48 heavy (non-hydrogen) atoms. The van der Waals surface area contributed by atoms with Crippen LogP contribution in [0.5, 0.6) is 28.7 Å². The number of fused-ring (bicyclic) bond motifs is 2. The zero-order valence-corrected chi connectivity index (χ0v) is 27.6. The first-order chi connectivity index (χ1) is 23.4. The van der Waals surface area contributed by atoms with E-state index in [2.05, 4.69) is 4.98 Å². The van der Waals surface area contributed by atoms with E-state index in [1.54, 1.807) is 39.7 Å². The Bertz CT molecular complexity index is 1700. The third kappa shape index (κ3) is 7.31. The molecule has 0 amide bonds. The number of aliphatic hydroxyl groups excluding tert-OH is 1. The number of nitrogens with two attached hydrogens (primary N) is 1. The van der Waals surface area contributed by atoms with Crippen LogP contribution in [0.3, 0.4) is 0 Å². The summed E-state index contributed by atoms with van der Waals surface area (Å²) in [5.74, 6) is 2.65. The number of aromatic nitrogens is 1. The summed E-state index contributed by atoms with van der Waals surface area (Å²) in [5, 5.41) is 22.3. The van der Waals surface area contributed by atoms with Gasteiger partial charge in [-0.25, -0.2) is 4.98 Å². The predicted octanol–water partition coefficient (Wildman–Crippen LogP) is 5.82. The first kappa shape index (κ1) is 33.4. The minimum absolute atomic E-state index is 0.192. The number of aromatic hydroxyl groups is 1. The van der Waals surface area contributed by atoms with Gasteiger partial charge in [-0.15, -0.1) is 0 Å². The number of hydrogen-bond donors (Lipinski definition) is 3. The van der Waals surface area contributed by atoms with Gasteiger partial charge in [-0.1, -0.05) is 12.1 Å². The van der Waals surface area contributed by atoms with Gasteiger partial charge in [-0.3, -0.25) is 0 Å². The number of anilines is 1. The predicted molar refractivity (Wildman–Crippen MR) is 181 cm³/mol. The topological polar surface area (TPSA) is 135 Å². The van der Waals surface area contributed by atoms with Crippen molar-refractivity contribution in [3.05, 3.63) is 101 Å². The van der Waals surface area contributed by atoms with Gasteiger partial charge in [-0.2, -0.15) is 0 Å². The maximum Gasteiger partial charge on any atom is 0.128 e. The number of aliphatic hydroxyl groups is 1. The van der Waals surface area contributed by atoms with Gasteiger partial charge in [0.1, 0.15) is 40.7 Å². The lowest BCUT2D eigenvalue weighted by atomic mass is 9.72. The summed E-state index contributed by atoms with van der Waals surface area (Å²) < 4.78 is 36.8. The minimum Gasteiger partial charge on any atom is -0.508 e. The third-order valence-electron chi connectivity index (χ3n) is 9.30. The highest BCUT2D eigenvalue weighted by Crippen LogP contribution is 2.52. The number of nitrogens with zero attached hydrogens (tertiary/aromatic N) is 1. The molecule has 254 valence electrons. The Labute approximate surface area is 281 Å². The monoisotopic (exact) mass is 656 g/mol. The van der Waals surface area contributed by atoms with E-state index < -0.39 is 12.2 Å². The number of benzene rings is 3. The summed E-state index contributed by atoms with van der Waals surface area (Å²) in [6.07, 6.45) is 2.67. The molecule has 0 saturated heterocycles. The number of ether oxygens (including phenoxy) is 6. The van der Waals surface area contributed by atoms with Crippen LogP contribution in [0, 0.1) is 11.8 Å². The maximum atomic E-state index is 12.3. The Hall–Kier alpha value is -4.51. The first-order valence-electron chi connectivity index (χ1n) is 16.3. The standard InChI is InChI=1S/C38H44N2O8/c1-43-14-5-8-33-35(38(29-20-27(44-2)9-10-32(29)48-33)46-15-12-23-11-13-40-34(39)18-23)31-22-47-37-25(16-24-6-4-7-26(41)17-24)19-28(45-3)21-30(37)36(31)42/h4,6-7,9-11,13,17-21,31,33,35-36,38,41-42H,5,8,12,14-16,22H2,1-3H3,(H2,39,40). The normalized spacial score (nSPS) is 21.4. The summed E-state index contributed by atoms with van der Waals surface area (Å²) >= 11 is 0. The smallest absolute Gasteiger partial charge is 0.128 e. The van der Waals surface area contributed by atoms with Gasteiger partial charge in [0.15, 0.2) is 0 Å². The lowest BCUT2D eigenvalue weighted by Crippen LogP contribution is -2.46. The number of phenolic OH excluding ortho intramolecular Hbond substituents is 1. The molecule has 3 aromatic carbocycles. The van der Waals surface area contributed by atoms with Gasteiger partial charge in [-0.05, 0) is 85.0 Å². The van der Waals surface area contributed by atoms with Crippen molar-refractivity contribution >= 4 is 5.82 Å². The van der Waals surface area contributed by atoms with E-state index in [1.165, 1.54) is 0 Å². The fourth-order valence-electron chi connectivity index (χ4n) is 7.00. The van der Waals surface area contributed by atoms with Crippen LogP contribution in [-0.2, 0) is 22.3 Å². The van der Waals surface area contributed by atoms with E-state index in [4.69, 9.17) is 34.2 Å². The van der Waals surface area contributed by atoms with Crippen molar-refractivity contribution in [1.82, 2.24) is 4.98 Å². The molecular weight excluding hydrogens is 612 g/mol. The summed E-state index contributed by atoms with van der Waals surface area (Å²) in [4.78, 5) is 4.11. The molecule has 6 rings (SSSR count). The zero-order chi connectivity index (χ0) is 33.6. The van der Waals surface area contributed by atoms with Crippen LogP contribution < -0.4 is 24.7 Å². The van der Waals surface area contributed by atoms with E-state index in [1.807, 2.05) is 54.6 Å². The van der Waals surface area contributed by atoms with Crippen LogP contribution in [0.25, 0.3) is 0 Å². The Morgan fingerprint density at radius 2 is 1.75 bits per heavy atom. The quantitative estimate of drug-likeness (QED) is 0.151. The maximum absolute atomic E-state index is 12.3. The number of methoxy groups -OCH3 is 3. The number of rotatable bonds is 13. The molecule has 5 unspecified atom stereocenters. The highest BCUT2D eigenvalue weighted by Gasteiger charge is 2.48. The van der Waals surface area contributed by atoms with Gasteiger partial charge < -0.3 is 44.4 Å². The molecule has 0 saturated carbocycles. The summed E-state index contributed by atoms with van der Waals surface area (Å²) in [7, 11) is 4.94. The Kier molecular flexibility index (Phi) is 10.5. The second-order valence-electron chi connectivity index (χ2n) is 12.4. The molecule has 4 N–H and O–H groups in total. The van der Waals surface area contributed by atoms with E-state index in [0.29, 0.717) is 61.1 Å². The molecule has 0 spiro atoms. The zero-order valence-electron chi connectivity index (χ0n) is 27.6. The SMILES string of the molecule is COCCCC1Oc2ccc(OC)cc2C(OCCc2ccnc(N)c2)C1C1COc2c(Cc3cccc(O)c3)cc(OC)cc2C1O. The van der Waals surface area contributed by atoms with Crippen LogP contribution in [0.4, 0.5) is 5.82 Å². The van der Waals surface area contributed by atoms with Gasteiger partial charge in [0.25, 0.3) is 0 Å². The molecule has 0 radical (unpaired) electrons. The van der Waals surface area contributed by atoms with Crippen molar-refractivity contribution in [1.29, 1.82) is 0 Å². The van der Waals surface area contributed by atoms with Crippen LogP contribution in [0.1, 0.15) is 52.9 Å². The summed E-state index contributed by atoms with van der Waals surface area (Å²) in [6, 6.07) is 20.5. The molecule has 5 atom stereocenters. The number of phenols is 1. The third-order valence-corrected chi connectivity index (χ3v) is 9.30. The van der Waals surface area contributed by atoms with E-state index >= 15 is 0 Å². The minimum atomic E-state index is -0.899. The Morgan fingerprint density at radius 3 is 2.52 bits per heavy atom. The Balaban J connectivity index is 1.37. The molecule has 0 bridgehead atoms. The van der Waals surface area contributed by atoms with Crippen molar-refractivity contribution < 1.29 is 38.6 Å².